The molecule has 2 aliphatic rings. The van der Waals surface area contributed by atoms with Crippen LogP contribution in [0, 0.1) is 11.3 Å². The van der Waals surface area contributed by atoms with E-state index in [0.717, 1.165) is 0 Å². The number of halogens is 1. The summed E-state index contributed by atoms with van der Waals surface area (Å²) in [5, 5.41) is 20.8. The molecule has 5 atom stereocenters. The lowest BCUT2D eigenvalue weighted by atomic mass is 10.0. The minimum Gasteiger partial charge on any atom is -0.390 e. The number of hydrogen-bond acceptors (Lipinski definition) is 8. The van der Waals surface area contributed by atoms with E-state index in [-0.39, 0.29) is 23.6 Å². The lowest BCUT2D eigenvalue weighted by Gasteiger charge is -2.24. The molecule has 0 spiro atoms. The molecule has 11 nitrogen and oxygen atoms in total. The molecular weight excluding hydrogens is 377 g/mol. The molecule has 2 fully saturated rings. The highest BCUT2D eigenvalue weighted by atomic mass is 35.5. The van der Waals surface area contributed by atoms with Gasteiger partial charge in [0.25, 0.3) is 0 Å². The van der Waals surface area contributed by atoms with Gasteiger partial charge >= 0.3 is 7.82 Å². The van der Waals surface area contributed by atoms with E-state index < -0.39 is 31.5 Å². The van der Waals surface area contributed by atoms with Gasteiger partial charge in [-0.3, -0.25) is 4.52 Å². The number of fused-ring (bicyclic) bond motifs is 2. The van der Waals surface area contributed by atoms with E-state index in [2.05, 4.69) is 19.5 Å². The lowest BCUT2D eigenvalue weighted by molar-refractivity contribution is -0.0297. The third kappa shape index (κ3) is 2.55. The summed E-state index contributed by atoms with van der Waals surface area (Å²) in [7, 11) is -4.68. The SMILES string of the molecule is Nc1nc(Cl)nc2c1ncn2C1C2CC2(COP(=O)(O)O)[C@@H](O)[C@H]1O. The number of nitrogens with zero attached hydrogens (tertiary/aromatic N) is 4. The topological polar surface area (TPSA) is 177 Å². The van der Waals surface area contributed by atoms with Gasteiger partial charge in [0.1, 0.15) is 11.6 Å². The zero-order valence-corrected chi connectivity index (χ0v) is 14.2. The number of rotatable bonds is 4. The number of aliphatic hydroxyl groups excluding tert-OH is 2. The average molecular weight is 392 g/mol. The van der Waals surface area contributed by atoms with Gasteiger partial charge in [0.2, 0.25) is 5.28 Å². The molecule has 2 saturated carbocycles. The van der Waals surface area contributed by atoms with Crippen molar-refractivity contribution in [2.75, 3.05) is 12.3 Å². The van der Waals surface area contributed by atoms with Crippen LogP contribution in [0.5, 0.6) is 0 Å². The van der Waals surface area contributed by atoms with Crippen molar-refractivity contribution in [1.82, 2.24) is 19.5 Å². The lowest BCUT2D eigenvalue weighted by Crippen LogP contribution is -2.35. The summed E-state index contributed by atoms with van der Waals surface area (Å²) in [6.07, 6.45) is -0.540. The van der Waals surface area contributed by atoms with Gasteiger partial charge in [-0.05, 0) is 23.9 Å². The molecule has 13 heteroatoms. The van der Waals surface area contributed by atoms with Crippen molar-refractivity contribution in [2.24, 2.45) is 11.3 Å². The van der Waals surface area contributed by atoms with Gasteiger partial charge < -0.3 is 30.3 Å². The number of phosphoric acid groups is 1. The maximum atomic E-state index is 11.0. The number of nitrogens with two attached hydrogens (primary N) is 1. The van der Waals surface area contributed by atoms with Crippen LogP contribution in [-0.4, -0.2) is 58.3 Å². The Bertz CT molecular complexity index is 903. The van der Waals surface area contributed by atoms with Crippen molar-refractivity contribution >= 4 is 36.4 Å². The summed E-state index contributed by atoms with van der Waals surface area (Å²) < 4.78 is 17.1. The summed E-state index contributed by atoms with van der Waals surface area (Å²) in [6.45, 7) is -0.360. The van der Waals surface area contributed by atoms with E-state index in [9.17, 15) is 14.8 Å². The Morgan fingerprint density at radius 3 is 2.84 bits per heavy atom. The highest BCUT2D eigenvalue weighted by Crippen LogP contribution is 2.68. The monoisotopic (exact) mass is 391 g/mol. The third-order valence-electron chi connectivity index (χ3n) is 5.10. The predicted molar refractivity (Wildman–Crippen MR) is 84.3 cm³/mol. The standard InChI is InChI=1S/C12H15ClN5O6P/c13-11-16-9(14)5-10(17-11)18(3-15-5)6-4-1-12(4,8(20)7(6)19)2-24-25(21,22)23/h3-4,6-8,19-20H,1-2H2,(H2,14,16,17)(H2,21,22,23)/t4?,6?,7-,8-,12?/m0/s1. The van der Waals surface area contributed by atoms with Gasteiger partial charge in [0.15, 0.2) is 11.5 Å². The van der Waals surface area contributed by atoms with E-state index in [1.54, 1.807) is 4.57 Å². The maximum absolute atomic E-state index is 11.0. The minimum atomic E-state index is -4.68. The summed E-state index contributed by atoms with van der Waals surface area (Å²) in [5.41, 5.74) is 5.47. The van der Waals surface area contributed by atoms with Gasteiger partial charge in [-0.15, -0.1) is 0 Å². The molecule has 4 rings (SSSR count). The first-order valence-electron chi connectivity index (χ1n) is 7.36. The number of aliphatic hydroxyl groups is 2. The van der Waals surface area contributed by atoms with Crippen molar-refractivity contribution in [3.8, 4) is 0 Å². The number of hydrogen-bond donors (Lipinski definition) is 5. The molecule has 6 N–H and O–H groups in total. The number of aromatic nitrogens is 4. The first-order chi connectivity index (χ1) is 11.6. The van der Waals surface area contributed by atoms with E-state index in [0.29, 0.717) is 17.6 Å². The largest absolute Gasteiger partial charge is 0.469 e. The number of anilines is 1. The first-order valence-corrected chi connectivity index (χ1v) is 9.27. The third-order valence-corrected chi connectivity index (χ3v) is 5.73. The summed E-state index contributed by atoms with van der Waals surface area (Å²) in [4.78, 5) is 29.8. The predicted octanol–water partition coefficient (Wildman–Crippen LogP) is -0.546. The fraction of sp³-hybridized carbons (Fsp3) is 0.583. The highest BCUT2D eigenvalue weighted by molar-refractivity contribution is 7.46. The number of phosphoric ester groups is 1. The van der Waals surface area contributed by atoms with Crippen LogP contribution in [0.3, 0.4) is 0 Å². The van der Waals surface area contributed by atoms with Gasteiger partial charge in [-0.2, -0.15) is 9.97 Å². The number of imidazole rings is 1. The van der Waals surface area contributed by atoms with Crippen molar-refractivity contribution in [3.63, 3.8) is 0 Å². The van der Waals surface area contributed by atoms with E-state index in [1.807, 2.05) is 0 Å². The molecule has 2 aromatic heterocycles. The second-order valence-electron chi connectivity index (χ2n) is 6.44. The molecule has 3 unspecified atom stereocenters. The Hall–Kier alpha value is -1.33. The smallest absolute Gasteiger partial charge is 0.390 e. The van der Waals surface area contributed by atoms with Crippen LogP contribution in [0.25, 0.3) is 11.2 Å². The average Bonchev–Trinajstić information content (AvgIpc) is 3.01. The van der Waals surface area contributed by atoms with Crippen LogP contribution in [-0.2, 0) is 9.09 Å². The summed E-state index contributed by atoms with van der Waals surface area (Å²) in [5.74, 6) is -0.176. The molecule has 0 aliphatic heterocycles. The van der Waals surface area contributed by atoms with Crippen LogP contribution in [0.15, 0.2) is 6.33 Å². The second kappa shape index (κ2) is 5.34. The van der Waals surface area contributed by atoms with E-state index >= 15 is 0 Å². The molecule has 0 saturated heterocycles. The number of nitrogen functional groups attached to an aromatic ring is 1. The second-order valence-corrected chi connectivity index (χ2v) is 8.01. The van der Waals surface area contributed by atoms with Crippen molar-refractivity contribution in [2.45, 2.75) is 24.7 Å². The van der Waals surface area contributed by atoms with Crippen LogP contribution in [0.1, 0.15) is 12.5 Å². The van der Waals surface area contributed by atoms with Gasteiger partial charge in [0.05, 0.1) is 25.1 Å². The zero-order valence-electron chi connectivity index (χ0n) is 12.6. The summed E-state index contributed by atoms with van der Waals surface area (Å²) in [6, 6.07) is -0.606. The molecule has 2 aliphatic carbocycles. The Morgan fingerprint density at radius 2 is 2.16 bits per heavy atom. The molecule has 136 valence electrons. The van der Waals surface area contributed by atoms with Crippen molar-refractivity contribution < 1.29 is 29.1 Å². The first kappa shape index (κ1) is 17.1. The quantitative estimate of drug-likeness (QED) is 0.335. The fourth-order valence-corrected chi connectivity index (χ4v) is 4.44. The molecule has 0 bridgehead atoms. The van der Waals surface area contributed by atoms with E-state index in [1.165, 1.54) is 6.33 Å². The molecule has 2 heterocycles. The molecule has 0 radical (unpaired) electrons. The molecule has 25 heavy (non-hydrogen) atoms. The maximum Gasteiger partial charge on any atom is 0.469 e. The van der Waals surface area contributed by atoms with Crippen molar-refractivity contribution in [3.05, 3.63) is 11.6 Å². The van der Waals surface area contributed by atoms with Crippen LogP contribution >= 0.6 is 19.4 Å². The molecule has 0 amide bonds. The zero-order chi connectivity index (χ0) is 18.1. The Labute approximate surface area is 145 Å². The van der Waals surface area contributed by atoms with Crippen molar-refractivity contribution in [1.29, 1.82) is 0 Å². The van der Waals surface area contributed by atoms with Crippen LogP contribution in [0.4, 0.5) is 5.82 Å². The highest BCUT2D eigenvalue weighted by Gasteiger charge is 2.72. The Kier molecular flexibility index (Phi) is 3.65. The van der Waals surface area contributed by atoms with Crippen LogP contribution in [0.2, 0.25) is 5.28 Å². The molecule has 0 aromatic carbocycles. The minimum absolute atomic E-state index is 0.0771. The van der Waals surface area contributed by atoms with Gasteiger partial charge in [-0.1, -0.05) is 0 Å². The molecule has 2 aromatic rings. The van der Waals surface area contributed by atoms with E-state index in [4.69, 9.17) is 27.1 Å². The molecular formula is C12H15ClN5O6P. The Balaban J connectivity index is 1.70. The van der Waals surface area contributed by atoms with Gasteiger partial charge in [0, 0.05) is 5.41 Å². The summed E-state index contributed by atoms with van der Waals surface area (Å²) >= 11 is 5.84. The Morgan fingerprint density at radius 1 is 1.44 bits per heavy atom. The van der Waals surface area contributed by atoms with Gasteiger partial charge in [-0.25, -0.2) is 9.55 Å². The van der Waals surface area contributed by atoms with Crippen LogP contribution < -0.4 is 5.73 Å². The normalized spacial score (nSPS) is 34.4. The fourth-order valence-electron chi connectivity index (χ4n) is 3.86.